The molecule has 0 unspecified atom stereocenters. The summed E-state index contributed by atoms with van der Waals surface area (Å²) in [5.41, 5.74) is -0.226. The third kappa shape index (κ3) is 2.25. The molecule has 0 aliphatic carbocycles. The molecule has 2 rings (SSSR count). The van der Waals surface area contributed by atoms with Crippen molar-refractivity contribution in [2.75, 3.05) is 11.4 Å². The summed E-state index contributed by atoms with van der Waals surface area (Å²) in [6.07, 6.45) is 0.652. The van der Waals surface area contributed by atoms with Crippen LogP contribution in [0.25, 0.3) is 0 Å². The number of carbonyl (C=O) groups excluding carboxylic acids is 2. The normalized spacial score (nSPS) is 16.7. The van der Waals surface area contributed by atoms with Crippen molar-refractivity contribution in [1.29, 1.82) is 0 Å². The first kappa shape index (κ1) is 11.5. The molecule has 6 heteroatoms. The predicted molar refractivity (Wildman–Crippen MR) is 56.5 cm³/mol. The number of halogens is 2. The van der Waals surface area contributed by atoms with Crippen LogP contribution in [0.15, 0.2) is 18.2 Å². The topological polar surface area (TPSA) is 49.4 Å². The lowest BCUT2D eigenvalue weighted by atomic mass is 10.2. The highest BCUT2D eigenvalue weighted by atomic mass is 19.1. The fourth-order valence-electron chi connectivity index (χ4n) is 1.65. The first-order chi connectivity index (χ1) is 8.09. The fourth-order valence-corrected chi connectivity index (χ4v) is 1.65. The van der Waals surface area contributed by atoms with Gasteiger partial charge in [-0.1, -0.05) is 0 Å². The number of hydrogen-bond acceptors (Lipinski definition) is 2. The molecule has 90 valence electrons. The van der Waals surface area contributed by atoms with E-state index in [1.54, 1.807) is 0 Å². The molecular weight excluding hydrogens is 230 g/mol. The quantitative estimate of drug-likeness (QED) is 0.813. The van der Waals surface area contributed by atoms with Gasteiger partial charge in [0, 0.05) is 19.0 Å². The molecule has 3 amide bonds. The number of carbonyl (C=O) groups is 2. The van der Waals surface area contributed by atoms with Gasteiger partial charge in [-0.15, -0.1) is 0 Å². The van der Waals surface area contributed by atoms with Gasteiger partial charge in [0.2, 0.25) is 5.91 Å². The molecule has 1 aromatic carbocycles. The van der Waals surface area contributed by atoms with E-state index >= 15 is 0 Å². The van der Waals surface area contributed by atoms with E-state index in [0.29, 0.717) is 23.9 Å². The number of hydrogen-bond donors (Lipinski definition) is 1. The van der Waals surface area contributed by atoms with Gasteiger partial charge in [-0.05, 0) is 18.6 Å². The predicted octanol–water partition coefficient (Wildman–Crippen LogP) is 1.80. The van der Waals surface area contributed by atoms with Gasteiger partial charge in [-0.25, -0.2) is 18.5 Å². The van der Waals surface area contributed by atoms with Crippen LogP contribution in [0.4, 0.5) is 19.3 Å². The Kier molecular flexibility index (Phi) is 3.03. The zero-order valence-corrected chi connectivity index (χ0v) is 8.87. The maximum Gasteiger partial charge on any atom is 0.328 e. The number of nitrogens with zero attached hydrogens (tertiary/aromatic N) is 1. The van der Waals surface area contributed by atoms with Gasteiger partial charge in [-0.3, -0.25) is 4.79 Å². The molecule has 0 radical (unpaired) electrons. The summed E-state index contributed by atoms with van der Waals surface area (Å²) in [5, 5.41) is 2.47. The largest absolute Gasteiger partial charge is 0.337 e. The minimum absolute atomic E-state index is 0.148. The highest BCUT2D eigenvalue weighted by molar-refractivity contribution is 6.14. The van der Waals surface area contributed by atoms with E-state index in [9.17, 15) is 18.4 Å². The van der Waals surface area contributed by atoms with Gasteiger partial charge < -0.3 is 5.32 Å². The Balaban J connectivity index is 2.41. The van der Waals surface area contributed by atoms with Gasteiger partial charge >= 0.3 is 6.03 Å². The lowest BCUT2D eigenvalue weighted by Crippen LogP contribution is -2.41. The van der Waals surface area contributed by atoms with E-state index in [0.717, 1.165) is 12.1 Å². The van der Waals surface area contributed by atoms with E-state index in [1.165, 1.54) is 0 Å². The number of nitrogens with one attached hydrogen (secondary N) is 1. The standard InChI is InChI=1S/C11H10F2N2O2/c12-7-3-4-9(8(13)6-7)15-10(16)2-1-5-14-11(15)17/h3-4,6H,1-2,5H2,(H,14,17). The maximum absolute atomic E-state index is 13.5. The molecule has 1 aromatic rings. The Morgan fingerprint density at radius 1 is 1.24 bits per heavy atom. The van der Waals surface area contributed by atoms with Crippen LogP contribution in [0.1, 0.15) is 12.8 Å². The number of anilines is 1. The molecular formula is C11H10F2N2O2. The lowest BCUT2D eigenvalue weighted by molar-refractivity contribution is -0.117. The Morgan fingerprint density at radius 2 is 2.00 bits per heavy atom. The third-order valence-electron chi connectivity index (χ3n) is 2.45. The summed E-state index contributed by atoms with van der Waals surface area (Å²) in [7, 11) is 0. The summed E-state index contributed by atoms with van der Waals surface area (Å²) in [5.74, 6) is -2.19. The lowest BCUT2D eigenvalue weighted by Gasteiger charge is -2.18. The highest BCUT2D eigenvalue weighted by Gasteiger charge is 2.27. The summed E-state index contributed by atoms with van der Waals surface area (Å²) in [6.45, 7) is 0.365. The van der Waals surface area contributed by atoms with Crippen LogP contribution >= 0.6 is 0 Å². The summed E-state index contributed by atoms with van der Waals surface area (Å²) in [4.78, 5) is 24.0. The van der Waals surface area contributed by atoms with Crippen LogP contribution in [-0.2, 0) is 4.79 Å². The van der Waals surface area contributed by atoms with Gasteiger partial charge in [0.25, 0.3) is 0 Å². The van der Waals surface area contributed by atoms with E-state index in [1.807, 2.05) is 0 Å². The van der Waals surface area contributed by atoms with Crippen molar-refractivity contribution < 1.29 is 18.4 Å². The van der Waals surface area contributed by atoms with Gasteiger partial charge in [0.05, 0.1) is 5.69 Å². The van der Waals surface area contributed by atoms with Crippen LogP contribution < -0.4 is 10.2 Å². The number of imide groups is 1. The Bertz CT molecular complexity index is 459. The zero-order chi connectivity index (χ0) is 12.4. The van der Waals surface area contributed by atoms with Crippen LogP contribution in [-0.4, -0.2) is 18.5 Å². The van der Waals surface area contributed by atoms with Crippen molar-refractivity contribution in [2.24, 2.45) is 0 Å². The number of rotatable bonds is 1. The van der Waals surface area contributed by atoms with Crippen molar-refractivity contribution in [3.63, 3.8) is 0 Å². The second kappa shape index (κ2) is 4.48. The molecule has 0 bridgehead atoms. The minimum Gasteiger partial charge on any atom is -0.337 e. The fraction of sp³-hybridized carbons (Fsp3) is 0.273. The molecule has 1 heterocycles. The van der Waals surface area contributed by atoms with Crippen LogP contribution in [0.5, 0.6) is 0 Å². The third-order valence-corrected chi connectivity index (χ3v) is 2.45. The van der Waals surface area contributed by atoms with Crippen molar-refractivity contribution in [3.8, 4) is 0 Å². The molecule has 1 N–H and O–H groups in total. The number of benzene rings is 1. The molecule has 0 spiro atoms. The van der Waals surface area contributed by atoms with Gasteiger partial charge in [0.1, 0.15) is 11.6 Å². The van der Waals surface area contributed by atoms with Crippen molar-refractivity contribution in [1.82, 2.24) is 5.32 Å². The molecule has 1 fully saturated rings. The second-order valence-corrected chi connectivity index (χ2v) is 3.66. The molecule has 0 saturated carbocycles. The van der Waals surface area contributed by atoms with E-state index in [4.69, 9.17) is 0 Å². The summed E-state index contributed by atoms with van der Waals surface area (Å²) < 4.78 is 26.2. The first-order valence-electron chi connectivity index (χ1n) is 5.15. The average molecular weight is 240 g/mol. The zero-order valence-electron chi connectivity index (χ0n) is 8.87. The molecule has 1 aliphatic heterocycles. The minimum atomic E-state index is -0.935. The molecule has 1 aliphatic rings. The Hall–Kier alpha value is -1.98. The van der Waals surface area contributed by atoms with Crippen LogP contribution in [0, 0.1) is 11.6 Å². The van der Waals surface area contributed by atoms with Gasteiger partial charge in [0.15, 0.2) is 0 Å². The van der Waals surface area contributed by atoms with E-state index in [2.05, 4.69) is 5.32 Å². The second-order valence-electron chi connectivity index (χ2n) is 3.66. The Labute approximate surface area is 96.2 Å². The molecule has 1 saturated heterocycles. The van der Waals surface area contributed by atoms with Crippen molar-refractivity contribution >= 4 is 17.6 Å². The number of urea groups is 1. The van der Waals surface area contributed by atoms with Crippen LogP contribution in [0.3, 0.4) is 0 Å². The SMILES string of the molecule is O=C1CCCNC(=O)N1c1ccc(F)cc1F. The first-order valence-corrected chi connectivity index (χ1v) is 5.15. The van der Waals surface area contributed by atoms with Crippen molar-refractivity contribution in [3.05, 3.63) is 29.8 Å². The summed E-state index contributed by atoms with van der Waals surface area (Å²) in [6, 6.07) is 2.04. The molecule has 17 heavy (non-hydrogen) atoms. The maximum atomic E-state index is 13.5. The number of amides is 3. The monoisotopic (exact) mass is 240 g/mol. The van der Waals surface area contributed by atoms with Crippen LogP contribution in [0.2, 0.25) is 0 Å². The smallest absolute Gasteiger partial charge is 0.328 e. The van der Waals surface area contributed by atoms with E-state index < -0.39 is 23.6 Å². The summed E-state index contributed by atoms with van der Waals surface area (Å²) >= 11 is 0. The van der Waals surface area contributed by atoms with Crippen molar-refractivity contribution in [2.45, 2.75) is 12.8 Å². The molecule has 4 nitrogen and oxygen atoms in total. The highest BCUT2D eigenvalue weighted by Crippen LogP contribution is 2.22. The molecule has 0 aromatic heterocycles. The van der Waals surface area contributed by atoms with Gasteiger partial charge in [-0.2, -0.15) is 0 Å². The average Bonchev–Trinajstić information content (AvgIpc) is 2.42. The Morgan fingerprint density at radius 3 is 2.71 bits per heavy atom. The molecule has 0 atom stereocenters. The van der Waals surface area contributed by atoms with E-state index in [-0.39, 0.29) is 12.1 Å².